The summed E-state index contributed by atoms with van der Waals surface area (Å²) in [5.74, 6) is 0.517. The van der Waals surface area contributed by atoms with Gasteiger partial charge in [0.05, 0.1) is 16.6 Å². The first-order chi connectivity index (χ1) is 19.2. The molecule has 5 aromatic rings. The Labute approximate surface area is 232 Å². The van der Waals surface area contributed by atoms with Crippen molar-refractivity contribution < 1.29 is 18.0 Å². The van der Waals surface area contributed by atoms with Crippen LogP contribution in [0.4, 0.5) is 18.9 Å². The summed E-state index contributed by atoms with van der Waals surface area (Å²) in [6.07, 6.45) is 1.58. The van der Waals surface area contributed by atoms with Crippen molar-refractivity contribution in [2.75, 3.05) is 5.32 Å². The summed E-state index contributed by atoms with van der Waals surface area (Å²) < 4.78 is 40.4. The fourth-order valence-electron chi connectivity index (χ4n) is 5.13. The molecule has 1 saturated carbocycles. The Morgan fingerprint density at radius 3 is 2.40 bits per heavy atom. The number of alkyl halides is 3. The molecule has 1 aliphatic carbocycles. The lowest BCUT2D eigenvalue weighted by Gasteiger charge is -2.30. The summed E-state index contributed by atoms with van der Waals surface area (Å²) in [5.41, 5.74) is 2.56. The van der Waals surface area contributed by atoms with Gasteiger partial charge in [-0.05, 0) is 80.3 Å². The topological polar surface area (TPSA) is 95.6 Å². The lowest BCUT2D eigenvalue weighted by molar-refractivity contribution is -0.140. The Balaban J connectivity index is 1.11. The number of pyridine rings is 2. The van der Waals surface area contributed by atoms with Gasteiger partial charge in [0.1, 0.15) is 11.5 Å². The van der Waals surface area contributed by atoms with Crippen LogP contribution in [-0.2, 0) is 6.18 Å². The van der Waals surface area contributed by atoms with Crippen molar-refractivity contribution in [1.82, 2.24) is 25.3 Å². The van der Waals surface area contributed by atoms with E-state index in [0.29, 0.717) is 58.7 Å². The number of carbonyl (C=O) groups excluding carboxylic acids is 1. The van der Waals surface area contributed by atoms with E-state index in [4.69, 9.17) is 11.6 Å². The van der Waals surface area contributed by atoms with Gasteiger partial charge < -0.3 is 15.6 Å². The van der Waals surface area contributed by atoms with Crippen LogP contribution in [0.3, 0.4) is 0 Å². The molecule has 1 aliphatic rings. The number of benzene rings is 2. The van der Waals surface area contributed by atoms with Crippen molar-refractivity contribution in [2.24, 2.45) is 0 Å². The number of amides is 1. The van der Waals surface area contributed by atoms with Crippen LogP contribution in [-0.4, -0.2) is 37.9 Å². The zero-order valence-electron chi connectivity index (χ0n) is 21.1. The van der Waals surface area contributed by atoms with Crippen LogP contribution in [0.1, 0.15) is 41.7 Å². The molecule has 0 radical (unpaired) electrons. The Hall–Kier alpha value is -4.18. The minimum atomic E-state index is -4.56. The Morgan fingerprint density at radius 2 is 1.65 bits per heavy atom. The van der Waals surface area contributed by atoms with Gasteiger partial charge in [-0.3, -0.25) is 9.78 Å². The quantitative estimate of drug-likeness (QED) is 0.214. The lowest BCUT2D eigenvalue weighted by Crippen LogP contribution is -2.40. The highest BCUT2D eigenvalue weighted by molar-refractivity contribution is 6.31. The SMILES string of the molecule is O=C(N[C@H]1CC[C@@H](Nc2cc(C(F)(F)F)nc3ccc(Cl)cc23)CC1)c1ccc2[nH]c(-c3ccncc3)nc2c1. The Morgan fingerprint density at radius 1 is 0.900 bits per heavy atom. The van der Waals surface area contributed by atoms with Gasteiger partial charge in [-0.2, -0.15) is 13.2 Å². The van der Waals surface area contributed by atoms with Gasteiger partial charge in [-0.25, -0.2) is 9.97 Å². The molecule has 0 spiro atoms. The number of H-pyrrole nitrogens is 1. The second-order valence-electron chi connectivity index (χ2n) is 9.93. The van der Waals surface area contributed by atoms with E-state index in [1.54, 1.807) is 30.6 Å². The summed E-state index contributed by atoms with van der Waals surface area (Å²) in [6, 6.07) is 14.7. The molecule has 0 bridgehead atoms. The minimum absolute atomic E-state index is 0.0397. The highest BCUT2D eigenvalue weighted by atomic mass is 35.5. The largest absolute Gasteiger partial charge is 0.433 e. The van der Waals surface area contributed by atoms with Gasteiger partial charge in [0.15, 0.2) is 0 Å². The van der Waals surface area contributed by atoms with E-state index in [1.807, 2.05) is 18.2 Å². The number of carbonyl (C=O) groups is 1. The number of nitrogens with zero attached hydrogens (tertiary/aromatic N) is 3. The summed E-state index contributed by atoms with van der Waals surface area (Å²) in [7, 11) is 0. The summed E-state index contributed by atoms with van der Waals surface area (Å²) in [4.78, 5) is 28.7. The highest BCUT2D eigenvalue weighted by Crippen LogP contribution is 2.35. The van der Waals surface area contributed by atoms with Gasteiger partial charge >= 0.3 is 6.18 Å². The van der Waals surface area contributed by atoms with Crippen LogP contribution in [0.15, 0.2) is 67.0 Å². The number of hydrogen-bond acceptors (Lipinski definition) is 5. The molecule has 3 N–H and O–H groups in total. The first kappa shape index (κ1) is 26.1. The third kappa shape index (κ3) is 5.44. The standard InChI is InChI=1S/C29H24ClF3N6O/c30-18-2-8-22-21(14-18)24(15-26(37-22)29(31,32)33)35-19-3-5-20(6-4-19)36-28(40)17-1-7-23-25(13-17)39-27(38-23)16-9-11-34-12-10-16/h1-2,7-15,19-20H,3-6H2,(H,35,37)(H,36,40)(H,38,39)/t19-,20+. The Bertz CT molecular complexity index is 1700. The molecule has 3 aromatic heterocycles. The third-order valence-corrected chi connectivity index (χ3v) is 7.42. The van der Waals surface area contributed by atoms with Gasteiger partial charge in [0.25, 0.3) is 5.91 Å². The molecule has 0 saturated heterocycles. The molecule has 0 atom stereocenters. The van der Waals surface area contributed by atoms with E-state index in [2.05, 4.69) is 30.6 Å². The van der Waals surface area contributed by atoms with Gasteiger partial charge in [0, 0.05) is 51.7 Å². The van der Waals surface area contributed by atoms with Crippen molar-refractivity contribution in [1.29, 1.82) is 0 Å². The molecule has 3 heterocycles. The molecule has 1 amide bonds. The fraction of sp³-hybridized carbons (Fsp3) is 0.241. The van der Waals surface area contributed by atoms with Gasteiger partial charge in [-0.15, -0.1) is 0 Å². The maximum atomic E-state index is 13.5. The molecular weight excluding hydrogens is 541 g/mol. The van der Waals surface area contributed by atoms with Crippen molar-refractivity contribution in [3.05, 3.63) is 83.3 Å². The zero-order valence-corrected chi connectivity index (χ0v) is 21.9. The molecule has 40 heavy (non-hydrogen) atoms. The summed E-state index contributed by atoms with van der Waals surface area (Å²) in [5, 5.41) is 7.34. The van der Waals surface area contributed by atoms with Gasteiger partial charge in [0.2, 0.25) is 0 Å². The van der Waals surface area contributed by atoms with E-state index < -0.39 is 11.9 Å². The smallest absolute Gasteiger partial charge is 0.382 e. The predicted octanol–water partition coefficient (Wildman–Crippen LogP) is 7.00. The van der Waals surface area contributed by atoms with Crippen molar-refractivity contribution in [3.63, 3.8) is 0 Å². The first-order valence-electron chi connectivity index (χ1n) is 12.9. The molecule has 0 aliphatic heterocycles. The maximum absolute atomic E-state index is 13.5. The first-order valence-corrected chi connectivity index (χ1v) is 13.3. The summed E-state index contributed by atoms with van der Waals surface area (Å²) in [6.45, 7) is 0. The molecule has 204 valence electrons. The van der Waals surface area contributed by atoms with Crippen LogP contribution in [0.25, 0.3) is 33.3 Å². The van der Waals surface area contributed by atoms with Crippen molar-refractivity contribution in [3.8, 4) is 11.4 Å². The fourth-order valence-corrected chi connectivity index (χ4v) is 5.30. The van der Waals surface area contributed by atoms with Crippen molar-refractivity contribution >= 4 is 45.1 Å². The van der Waals surface area contributed by atoms with Crippen LogP contribution in [0.2, 0.25) is 5.02 Å². The molecular formula is C29H24ClF3N6O. The van der Waals surface area contributed by atoms with E-state index in [9.17, 15) is 18.0 Å². The number of hydrogen-bond donors (Lipinski definition) is 3. The second-order valence-corrected chi connectivity index (χ2v) is 10.4. The van der Waals surface area contributed by atoms with E-state index >= 15 is 0 Å². The van der Waals surface area contributed by atoms with E-state index in [0.717, 1.165) is 17.1 Å². The number of imidazole rings is 1. The predicted molar refractivity (Wildman–Crippen MR) is 148 cm³/mol. The maximum Gasteiger partial charge on any atom is 0.433 e. The number of anilines is 1. The normalized spacial score (nSPS) is 17.7. The Kier molecular flexibility index (Phi) is 6.79. The van der Waals surface area contributed by atoms with Crippen LogP contribution < -0.4 is 10.6 Å². The van der Waals surface area contributed by atoms with Gasteiger partial charge in [-0.1, -0.05) is 11.6 Å². The van der Waals surface area contributed by atoms with Crippen LogP contribution in [0.5, 0.6) is 0 Å². The molecule has 11 heteroatoms. The average Bonchev–Trinajstić information content (AvgIpc) is 3.38. The van der Waals surface area contributed by atoms with Crippen LogP contribution in [0, 0.1) is 0 Å². The number of nitrogens with one attached hydrogen (secondary N) is 3. The third-order valence-electron chi connectivity index (χ3n) is 7.18. The molecule has 2 aromatic carbocycles. The zero-order chi connectivity index (χ0) is 27.9. The number of rotatable bonds is 5. The monoisotopic (exact) mass is 564 g/mol. The average molecular weight is 565 g/mol. The van der Waals surface area contributed by atoms with E-state index in [1.165, 1.54) is 12.1 Å². The number of aromatic nitrogens is 4. The molecule has 0 unspecified atom stereocenters. The van der Waals surface area contributed by atoms with Crippen molar-refractivity contribution in [2.45, 2.75) is 43.9 Å². The number of fused-ring (bicyclic) bond motifs is 2. The highest BCUT2D eigenvalue weighted by Gasteiger charge is 2.34. The molecule has 6 rings (SSSR count). The number of halogens is 4. The van der Waals surface area contributed by atoms with Crippen LogP contribution >= 0.6 is 11.6 Å². The second kappa shape index (κ2) is 10.4. The minimum Gasteiger partial charge on any atom is -0.382 e. The lowest BCUT2D eigenvalue weighted by atomic mass is 9.90. The van der Waals surface area contributed by atoms with E-state index in [-0.39, 0.29) is 23.5 Å². The summed E-state index contributed by atoms with van der Waals surface area (Å²) >= 11 is 6.12. The number of aromatic amines is 1. The molecule has 1 fully saturated rings. The molecule has 7 nitrogen and oxygen atoms in total.